The molecule has 1 atom stereocenters. The fourth-order valence-corrected chi connectivity index (χ4v) is 2.88. The number of rotatable bonds is 7. The van der Waals surface area contributed by atoms with E-state index in [4.69, 9.17) is 21.4 Å². The molecule has 6 nitrogen and oxygen atoms in total. The largest absolute Gasteiger partial charge is 0.478 e. The van der Waals surface area contributed by atoms with Gasteiger partial charge in [0.05, 0.1) is 16.8 Å². The molecule has 3 rings (SSSR count). The van der Waals surface area contributed by atoms with E-state index in [1.54, 1.807) is 42.5 Å². The molecule has 3 aromatic rings. The molecule has 148 valence electrons. The van der Waals surface area contributed by atoms with E-state index in [2.05, 4.69) is 10.3 Å². The summed E-state index contributed by atoms with van der Waals surface area (Å²) >= 11 is 6.34. The number of carboxylic acids is 1. The fourth-order valence-electron chi connectivity index (χ4n) is 2.66. The predicted octanol–water partition coefficient (Wildman–Crippen LogP) is 4.33. The zero-order valence-electron chi connectivity index (χ0n) is 15.6. The van der Waals surface area contributed by atoms with Crippen LogP contribution in [0, 0.1) is 6.92 Å². The van der Waals surface area contributed by atoms with E-state index in [9.17, 15) is 9.59 Å². The fraction of sp³-hybridized carbons (Fsp3) is 0.136. The number of pyridine rings is 1. The molecule has 29 heavy (non-hydrogen) atoms. The van der Waals surface area contributed by atoms with Crippen LogP contribution in [0.25, 0.3) is 0 Å². The molecule has 0 bridgehead atoms. The first kappa shape index (κ1) is 20.4. The van der Waals surface area contributed by atoms with Gasteiger partial charge in [-0.25, -0.2) is 4.79 Å². The minimum atomic E-state index is -0.995. The molecule has 1 heterocycles. The minimum Gasteiger partial charge on any atom is -0.478 e. The summed E-state index contributed by atoms with van der Waals surface area (Å²) < 4.78 is 5.78. The van der Waals surface area contributed by atoms with Crippen LogP contribution in [0.15, 0.2) is 66.7 Å². The van der Waals surface area contributed by atoms with Crippen LogP contribution in [-0.4, -0.2) is 22.0 Å². The van der Waals surface area contributed by atoms with Gasteiger partial charge in [-0.2, -0.15) is 0 Å². The van der Waals surface area contributed by atoms with E-state index in [-0.39, 0.29) is 18.0 Å². The number of nitrogens with zero attached hydrogens (tertiary/aromatic N) is 1. The number of aryl methyl sites for hydroxylation is 1. The Bertz CT molecular complexity index is 1020. The van der Waals surface area contributed by atoms with Crippen LogP contribution in [0.2, 0.25) is 0 Å². The second-order valence-electron chi connectivity index (χ2n) is 6.32. The number of ether oxygens (including phenoxy) is 1. The molecule has 7 heteroatoms. The zero-order chi connectivity index (χ0) is 20.8. The quantitative estimate of drug-likeness (QED) is 0.566. The molecule has 2 N–H and O–H groups in total. The lowest BCUT2D eigenvalue weighted by Gasteiger charge is -2.16. The van der Waals surface area contributed by atoms with E-state index in [1.807, 2.05) is 19.1 Å². The Morgan fingerprint density at radius 1 is 1.07 bits per heavy atom. The summed E-state index contributed by atoms with van der Waals surface area (Å²) in [5.41, 5.74) is 1.84. The van der Waals surface area contributed by atoms with Crippen molar-refractivity contribution in [3.63, 3.8) is 0 Å². The first-order valence-electron chi connectivity index (χ1n) is 8.88. The lowest BCUT2D eigenvalue weighted by atomic mass is 10.1. The molecule has 0 aliphatic carbocycles. The number of carbonyl (C=O) groups is 2. The number of hydrogen-bond donors (Lipinski definition) is 2. The number of aromatic nitrogens is 1. The number of para-hydroxylation sites is 1. The third kappa shape index (κ3) is 5.33. The van der Waals surface area contributed by atoms with Crippen molar-refractivity contribution in [2.45, 2.75) is 19.0 Å². The Balaban J connectivity index is 1.69. The molecule has 0 radical (unpaired) electrons. The third-order valence-corrected chi connectivity index (χ3v) is 4.47. The van der Waals surface area contributed by atoms with Crippen LogP contribution in [0.1, 0.15) is 43.2 Å². The van der Waals surface area contributed by atoms with Gasteiger partial charge < -0.3 is 15.2 Å². The van der Waals surface area contributed by atoms with Gasteiger partial charge in [0, 0.05) is 12.2 Å². The normalized spacial score (nSPS) is 11.5. The SMILES string of the molecule is Cc1cccc(C(Cl)Oc2ccccc2C(=O)NCc2ccc(C(=O)O)cc2)n1. The van der Waals surface area contributed by atoms with Gasteiger partial charge in [0.25, 0.3) is 5.91 Å². The number of carbonyl (C=O) groups excluding carboxylic acids is 1. The first-order valence-corrected chi connectivity index (χ1v) is 9.31. The van der Waals surface area contributed by atoms with Gasteiger partial charge in [0.2, 0.25) is 5.56 Å². The van der Waals surface area contributed by atoms with Crippen molar-refractivity contribution >= 4 is 23.5 Å². The van der Waals surface area contributed by atoms with E-state index < -0.39 is 11.5 Å². The molecular weight excluding hydrogens is 392 g/mol. The predicted molar refractivity (Wildman–Crippen MR) is 109 cm³/mol. The number of amides is 1. The topological polar surface area (TPSA) is 88.5 Å². The highest BCUT2D eigenvalue weighted by Crippen LogP contribution is 2.27. The van der Waals surface area contributed by atoms with Crippen molar-refractivity contribution in [1.29, 1.82) is 0 Å². The molecule has 0 spiro atoms. The van der Waals surface area contributed by atoms with Crippen LogP contribution in [-0.2, 0) is 6.54 Å². The van der Waals surface area contributed by atoms with Crippen LogP contribution in [0.5, 0.6) is 5.75 Å². The van der Waals surface area contributed by atoms with Crippen LogP contribution in [0.3, 0.4) is 0 Å². The van der Waals surface area contributed by atoms with E-state index in [1.165, 1.54) is 12.1 Å². The van der Waals surface area contributed by atoms with Gasteiger partial charge in [-0.05, 0) is 48.9 Å². The highest BCUT2D eigenvalue weighted by atomic mass is 35.5. The Morgan fingerprint density at radius 2 is 1.79 bits per heavy atom. The monoisotopic (exact) mass is 410 g/mol. The Morgan fingerprint density at radius 3 is 2.48 bits per heavy atom. The molecular formula is C22H19ClN2O4. The molecule has 0 aliphatic heterocycles. The third-order valence-electron chi connectivity index (χ3n) is 4.16. The highest BCUT2D eigenvalue weighted by molar-refractivity contribution is 6.20. The number of alkyl halides is 1. The average molecular weight is 411 g/mol. The average Bonchev–Trinajstić information content (AvgIpc) is 2.72. The number of nitrogens with one attached hydrogen (secondary N) is 1. The summed E-state index contributed by atoms with van der Waals surface area (Å²) in [4.78, 5) is 27.9. The molecule has 2 aromatic carbocycles. The van der Waals surface area contributed by atoms with Crippen molar-refractivity contribution in [1.82, 2.24) is 10.3 Å². The van der Waals surface area contributed by atoms with Crippen LogP contribution < -0.4 is 10.1 Å². The van der Waals surface area contributed by atoms with Crippen molar-refractivity contribution in [2.75, 3.05) is 0 Å². The maximum Gasteiger partial charge on any atom is 0.335 e. The van der Waals surface area contributed by atoms with Crippen molar-refractivity contribution in [3.05, 3.63) is 94.8 Å². The van der Waals surface area contributed by atoms with Gasteiger partial charge in [-0.3, -0.25) is 9.78 Å². The number of aromatic carboxylic acids is 1. The zero-order valence-corrected chi connectivity index (χ0v) is 16.4. The van der Waals surface area contributed by atoms with Crippen LogP contribution in [0.4, 0.5) is 0 Å². The first-order chi connectivity index (χ1) is 13.9. The standard InChI is InChI=1S/C22H19ClN2O4/c1-14-5-4-7-18(25-14)20(23)29-19-8-3-2-6-17(19)21(26)24-13-15-9-11-16(12-10-15)22(27)28/h2-12,20H,13H2,1H3,(H,24,26)(H,27,28). The van der Waals surface area contributed by atoms with Crippen LogP contribution >= 0.6 is 11.6 Å². The van der Waals surface area contributed by atoms with Gasteiger partial charge in [-0.15, -0.1) is 0 Å². The van der Waals surface area contributed by atoms with Crippen molar-refractivity contribution in [2.24, 2.45) is 0 Å². The van der Waals surface area contributed by atoms with Crippen molar-refractivity contribution in [3.8, 4) is 5.75 Å². The molecule has 0 saturated carbocycles. The Kier molecular flexibility index (Phi) is 6.46. The van der Waals surface area contributed by atoms with E-state index in [0.717, 1.165) is 11.3 Å². The van der Waals surface area contributed by atoms with E-state index in [0.29, 0.717) is 17.0 Å². The Labute approximate surface area is 173 Å². The van der Waals surface area contributed by atoms with Gasteiger partial charge in [0.1, 0.15) is 5.75 Å². The summed E-state index contributed by atoms with van der Waals surface area (Å²) in [7, 11) is 0. The van der Waals surface area contributed by atoms with Gasteiger partial charge >= 0.3 is 5.97 Å². The lowest BCUT2D eigenvalue weighted by molar-refractivity contribution is 0.0696. The number of halogens is 1. The summed E-state index contributed by atoms with van der Waals surface area (Å²) in [5, 5.41) is 11.7. The maximum atomic E-state index is 12.6. The summed E-state index contributed by atoms with van der Waals surface area (Å²) in [6.07, 6.45) is 0. The maximum absolute atomic E-state index is 12.6. The molecule has 0 fully saturated rings. The minimum absolute atomic E-state index is 0.191. The second-order valence-corrected chi connectivity index (χ2v) is 6.72. The smallest absolute Gasteiger partial charge is 0.335 e. The Hall–Kier alpha value is -3.38. The van der Waals surface area contributed by atoms with Crippen molar-refractivity contribution < 1.29 is 19.4 Å². The highest BCUT2D eigenvalue weighted by Gasteiger charge is 2.17. The lowest BCUT2D eigenvalue weighted by Crippen LogP contribution is -2.23. The molecule has 0 saturated heterocycles. The molecule has 1 amide bonds. The van der Waals surface area contributed by atoms with Gasteiger partial charge in [-0.1, -0.05) is 41.9 Å². The number of benzene rings is 2. The summed E-state index contributed by atoms with van der Waals surface area (Å²) in [5.74, 6) is -0.982. The second kappa shape index (κ2) is 9.21. The molecule has 1 aromatic heterocycles. The molecule has 0 aliphatic rings. The molecule has 1 unspecified atom stereocenters. The van der Waals surface area contributed by atoms with E-state index >= 15 is 0 Å². The van der Waals surface area contributed by atoms with Gasteiger partial charge in [0.15, 0.2) is 0 Å². The summed E-state index contributed by atoms with van der Waals surface area (Å²) in [6.45, 7) is 2.11. The number of carboxylic acid groups (broad SMARTS) is 1. The summed E-state index contributed by atoms with van der Waals surface area (Å²) in [6, 6.07) is 18.6. The number of hydrogen-bond acceptors (Lipinski definition) is 4.